The molecule has 0 spiro atoms. The largest absolute Gasteiger partial charge is 0.511 e. The molecule has 0 saturated carbocycles. The molecule has 0 unspecified atom stereocenters. The number of rotatable bonds is 8. The van der Waals surface area contributed by atoms with Gasteiger partial charge in [-0.25, -0.2) is 4.79 Å². The lowest BCUT2D eigenvalue weighted by atomic mass is 9.80. The zero-order valence-electron chi connectivity index (χ0n) is 26.1. The number of hydrogen-bond donors (Lipinski definition) is 3. The average Bonchev–Trinajstić information content (AvgIpc) is 2.94. The van der Waals surface area contributed by atoms with E-state index in [-0.39, 0.29) is 34.3 Å². The number of halogens is 3. The van der Waals surface area contributed by atoms with E-state index in [2.05, 4.69) is 5.32 Å². The molecule has 4 rings (SSSR count). The van der Waals surface area contributed by atoms with Gasteiger partial charge in [-0.1, -0.05) is 58.5 Å². The van der Waals surface area contributed by atoms with Crippen LogP contribution < -0.4 is 5.32 Å². The summed E-state index contributed by atoms with van der Waals surface area (Å²) in [6.07, 6.45) is -3.27. The summed E-state index contributed by atoms with van der Waals surface area (Å²) in [6.45, 7) is 11.6. The molecule has 1 heterocycles. The van der Waals surface area contributed by atoms with Crippen LogP contribution in [-0.2, 0) is 27.5 Å². The van der Waals surface area contributed by atoms with E-state index in [0.717, 1.165) is 47.2 Å². The highest BCUT2D eigenvalue weighted by atomic mass is 32.2. The van der Waals surface area contributed by atoms with Crippen LogP contribution in [0.25, 0.3) is 0 Å². The molecule has 10 heteroatoms. The van der Waals surface area contributed by atoms with Gasteiger partial charge < -0.3 is 20.3 Å². The zero-order valence-corrected chi connectivity index (χ0v) is 26.9. The van der Waals surface area contributed by atoms with Gasteiger partial charge in [-0.05, 0) is 96.3 Å². The van der Waals surface area contributed by atoms with E-state index in [0.29, 0.717) is 29.0 Å². The highest BCUT2D eigenvalue weighted by Gasteiger charge is 2.44. The van der Waals surface area contributed by atoms with E-state index in [9.17, 15) is 33.0 Å². The standard InChI is InChI=1S/C35H38F3NO5S/c1-20(2)34(16-15-22-7-13-25(40)14-8-22)19-28(41)30(32(43)44-34)45-29-17-21(3)27(18-26(29)33(4,5)6)39-31(42)23-9-11-24(12-10-23)35(36,37)38/h7-14,17-18,20,40-41H,15-16,19H2,1-6H3,(H,39,42)/t34-/m0/s1. The predicted octanol–water partition coefficient (Wildman–Crippen LogP) is 9.11. The molecular weight excluding hydrogens is 603 g/mol. The van der Waals surface area contributed by atoms with Crippen molar-refractivity contribution in [3.8, 4) is 5.75 Å². The number of aliphatic hydroxyl groups excluding tert-OH is 1. The van der Waals surface area contributed by atoms with Crippen LogP contribution in [0.2, 0.25) is 0 Å². The number of esters is 1. The lowest BCUT2D eigenvalue weighted by Gasteiger charge is -2.40. The van der Waals surface area contributed by atoms with Crippen molar-refractivity contribution < 1.29 is 37.7 Å². The van der Waals surface area contributed by atoms with E-state index in [1.165, 1.54) is 0 Å². The number of carbonyl (C=O) groups excluding carboxylic acids is 2. The number of anilines is 1. The van der Waals surface area contributed by atoms with Crippen LogP contribution in [0.4, 0.5) is 18.9 Å². The van der Waals surface area contributed by atoms with Gasteiger partial charge >= 0.3 is 12.1 Å². The molecule has 0 fully saturated rings. The summed E-state index contributed by atoms with van der Waals surface area (Å²) in [6, 6.07) is 14.5. The third-order valence-electron chi connectivity index (χ3n) is 8.10. The van der Waals surface area contributed by atoms with Crippen molar-refractivity contribution in [2.75, 3.05) is 5.32 Å². The average molecular weight is 642 g/mol. The Morgan fingerprint density at radius 3 is 2.18 bits per heavy atom. The first-order valence-corrected chi connectivity index (χ1v) is 15.5. The number of aryl methyl sites for hydroxylation is 2. The molecule has 0 aliphatic carbocycles. The van der Waals surface area contributed by atoms with Gasteiger partial charge in [0.15, 0.2) is 0 Å². The molecule has 3 aromatic carbocycles. The van der Waals surface area contributed by atoms with Crippen molar-refractivity contribution in [2.45, 2.75) is 82.9 Å². The molecule has 1 atom stereocenters. The Balaban J connectivity index is 1.59. The number of aliphatic hydroxyl groups is 1. The van der Waals surface area contributed by atoms with Gasteiger partial charge in [0, 0.05) is 22.6 Å². The topological polar surface area (TPSA) is 95.9 Å². The Hall–Kier alpha value is -3.92. The molecule has 0 saturated heterocycles. The van der Waals surface area contributed by atoms with Crippen LogP contribution in [0.5, 0.6) is 5.75 Å². The van der Waals surface area contributed by atoms with Crippen LogP contribution in [0.1, 0.15) is 80.1 Å². The number of aromatic hydroxyl groups is 1. The number of thioether (sulfide) groups is 1. The SMILES string of the molecule is Cc1cc(SC2=C(O)C[C@@](CCc3ccc(O)cc3)(C(C)C)OC2=O)c(C(C)(C)C)cc1NC(=O)c1ccc(C(F)(F)F)cc1. The first kappa shape index (κ1) is 34.0. The van der Waals surface area contributed by atoms with Crippen LogP contribution >= 0.6 is 11.8 Å². The van der Waals surface area contributed by atoms with Crippen molar-refractivity contribution >= 4 is 29.3 Å². The van der Waals surface area contributed by atoms with Crippen molar-refractivity contribution in [1.82, 2.24) is 0 Å². The van der Waals surface area contributed by atoms with Gasteiger partial charge in [0.05, 0.1) is 5.56 Å². The number of nitrogens with one attached hydrogen (secondary N) is 1. The fourth-order valence-electron chi connectivity index (χ4n) is 5.22. The van der Waals surface area contributed by atoms with E-state index in [4.69, 9.17) is 4.74 Å². The number of benzene rings is 3. The first-order chi connectivity index (χ1) is 20.9. The minimum absolute atomic E-state index is 0.0483. The molecule has 1 aliphatic rings. The van der Waals surface area contributed by atoms with Gasteiger partial charge in [0.1, 0.15) is 22.0 Å². The quantitative estimate of drug-likeness (QED) is 0.212. The van der Waals surface area contributed by atoms with Gasteiger partial charge in [-0.3, -0.25) is 4.79 Å². The predicted molar refractivity (Wildman–Crippen MR) is 169 cm³/mol. The first-order valence-electron chi connectivity index (χ1n) is 14.6. The fraction of sp³-hybridized carbons (Fsp3) is 0.371. The Bertz CT molecular complexity index is 1610. The Morgan fingerprint density at radius 1 is 1.02 bits per heavy atom. The van der Waals surface area contributed by atoms with Gasteiger partial charge in [0.2, 0.25) is 0 Å². The van der Waals surface area contributed by atoms with Crippen LogP contribution in [0, 0.1) is 12.8 Å². The second-order valence-corrected chi connectivity index (χ2v) is 13.8. The number of carbonyl (C=O) groups is 2. The fourth-order valence-corrected chi connectivity index (χ4v) is 6.47. The Kier molecular flexibility index (Phi) is 9.68. The number of phenolic OH excluding ortho intramolecular Hbond substituents is 1. The third kappa shape index (κ3) is 7.84. The lowest BCUT2D eigenvalue weighted by Crippen LogP contribution is -2.44. The number of amides is 1. The molecule has 0 radical (unpaired) electrons. The molecule has 0 aromatic heterocycles. The van der Waals surface area contributed by atoms with Gasteiger partial charge in [0.25, 0.3) is 5.91 Å². The summed E-state index contributed by atoms with van der Waals surface area (Å²) >= 11 is 1.11. The zero-order chi connectivity index (χ0) is 33.3. The Labute approximate surface area is 265 Å². The van der Waals surface area contributed by atoms with Crippen molar-refractivity contribution in [2.24, 2.45) is 5.92 Å². The van der Waals surface area contributed by atoms with E-state index in [1.807, 2.05) is 52.8 Å². The maximum absolute atomic E-state index is 13.5. The second-order valence-electron chi connectivity index (χ2n) is 12.8. The molecule has 0 bridgehead atoms. The number of ether oxygens (including phenoxy) is 1. The lowest BCUT2D eigenvalue weighted by molar-refractivity contribution is -0.164. The summed E-state index contributed by atoms with van der Waals surface area (Å²) in [5.41, 5.74) is 0.811. The Morgan fingerprint density at radius 2 is 1.64 bits per heavy atom. The van der Waals surface area contributed by atoms with Crippen molar-refractivity contribution in [3.05, 3.63) is 99.1 Å². The minimum atomic E-state index is -4.50. The van der Waals surface area contributed by atoms with Crippen LogP contribution in [0.15, 0.2) is 76.2 Å². The molecule has 6 nitrogen and oxygen atoms in total. The number of phenols is 1. The van der Waals surface area contributed by atoms with E-state index >= 15 is 0 Å². The number of cyclic esters (lactones) is 1. The molecule has 3 aromatic rings. The van der Waals surface area contributed by atoms with Crippen molar-refractivity contribution in [1.29, 1.82) is 0 Å². The highest BCUT2D eigenvalue weighted by molar-refractivity contribution is 8.04. The number of alkyl halides is 3. The summed E-state index contributed by atoms with van der Waals surface area (Å²) in [4.78, 5) is 27.2. The maximum atomic E-state index is 13.5. The minimum Gasteiger partial charge on any atom is -0.511 e. The maximum Gasteiger partial charge on any atom is 0.416 e. The van der Waals surface area contributed by atoms with Crippen LogP contribution in [0.3, 0.4) is 0 Å². The summed E-state index contributed by atoms with van der Waals surface area (Å²) < 4.78 is 45.0. The van der Waals surface area contributed by atoms with E-state index < -0.39 is 34.6 Å². The molecule has 45 heavy (non-hydrogen) atoms. The summed E-state index contributed by atoms with van der Waals surface area (Å²) in [5.74, 6) is -1.12. The third-order valence-corrected chi connectivity index (χ3v) is 9.27. The van der Waals surface area contributed by atoms with Crippen molar-refractivity contribution in [3.63, 3.8) is 0 Å². The monoisotopic (exact) mass is 641 g/mol. The van der Waals surface area contributed by atoms with Gasteiger partial charge in [-0.15, -0.1) is 0 Å². The smallest absolute Gasteiger partial charge is 0.416 e. The van der Waals surface area contributed by atoms with Gasteiger partial charge in [-0.2, -0.15) is 13.2 Å². The normalized spacial score (nSPS) is 17.4. The van der Waals surface area contributed by atoms with E-state index in [1.54, 1.807) is 25.1 Å². The summed E-state index contributed by atoms with van der Waals surface area (Å²) in [5, 5.41) is 23.6. The summed E-state index contributed by atoms with van der Waals surface area (Å²) in [7, 11) is 0. The molecular formula is C35H38F3NO5S. The molecule has 1 amide bonds. The molecule has 3 N–H and O–H groups in total. The number of hydrogen-bond acceptors (Lipinski definition) is 6. The molecule has 1 aliphatic heterocycles. The van der Waals surface area contributed by atoms with Crippen LogP contribution in [-0.4, -0.2) is 27.7 Å². The molecule has 240 valence electrons. The highest BCUT2D eigenvalue weighted by Crippen LogP contribution is 2.46. The second kappa shape index (κ2) is 12.8.